The number of amides is 1. The molecule has 6 heteroatoms. The normalized spacial score (nSPS) is 14.1. The maximum absolute atomic E-state index is 12.5. The molecule has 0 aromatic carbocycles. The molecule has 0 rings (SSSR count). The molecule has 50 heavy (non-hydrogen) atoms. The first-order chi connectivity index (χ1) is 24.5. The van der Waals surface area contributed by atoms with E-state index in [0.717, 1.165) is 38.5 Å². The zero-order chi connectivity index (χ0) is 36.8. The van der Waals surface area contributed by atoms with Gasteiger partial charge in [0.1, 0.15) is 12.2 Å². The average molecular weight is 712 g/mol. The smallest absolute Gasteiger partial charge is 0.249 e. The van der Waals surface area contributed by atoms with Crippen LogP contribution in [0.15, 0.2) is 0 Å². The van der Waals surface area contributed by atoms with Crippen molar-refractivity contribution in [3.8, 4) is 0 Å². The van der Waals surface area contributed by atoms with Crippen molar-refractivity contribution in [1.29, 1.82) is 0 Å². The lowest BCUT2D eigenvalue weighted by molar-refractivity contribution is -0.132. The van der Waals surface area contributed by atoms with Crippen LogP contribution in [0.2, 0.25) is 0 Å². The van der Waals surface area contributed by atoms with Gasteiger partial charge in [-0.25, -0.2) is 0 Å². The lowest BCUT2D eigenvalue weighted by atomic mass is 9.99. The first-order valence-electron chi connectivity index (χ1n) is 22.4. The van der Waals surface area contributed by atoms with E-state index >= 15 is 0 Å². The molecule has 0 bridgehead atoms. The van der Waals surface area contributed by atoms with Gasteiger partial charge in [0.15, 0.2) is 0 Å². The van der Waals surface area contributed by atoms with Crippen LogP contribution in [0, 0.1) is 0 Å². The summed E-state index contributed by atoms with van der Waals surface area (Å²) in [6, 6.07) is -0.978. The van der Waals surface area contributed by atoms with Gasteiger partial charge in [-0.3, -0.25) is 4.79 Å². The molecular weight excluding hydrogens is 622 g/mol. The highest BCUT2D eigenvalue weighted by Crippen LogP contribution is 2.17. The van der Waals surface area contributed by atoms with E-state index in [1.165, 1.54) is 180 Å². The van der Waals surface area contributed by atoms with Crippen molar-refractivity contribution < 1.29 is 25.2 Å². The van der Waals surface area contributed by atoms with Crippen LogP contribution in [0.1, 0.15) is 245 Å². The molecule has 4 atom stereocenters. The molecular formula is C44H89NO5. The van der Waals surface area contributed by atoms with Crippen LogP contribution in [0.3, 0.4) is 0 Å². The van der Waals surface area contributed by atoms with Gasteiger partial charge in [0, 0.05) is 0 Å². The molecule has 6 nitrogen and oxygen atoms in total. The number of aliphatic hydroxyl groups is 4. The van der Waals surface area contributed by atoms with E-state index in [2.05, 4.69) is 19.2 Å². The second-order valence-corrected chi connectivity index (χ2v) is 15.8. The third kappa shape index (κ3) is 33.2. The molecule has 0 heterocycles. The first-order valence-corrected chi connectivity index (χ1v) is 22.4. The Kier molecular flexibility index (Phi) is 39.0. The molecule has 0 spiro atoms. The van der Waals surface area contributed by atoms with Crippen LogP contribution >= 0.6 is 0 Å². The maximum Gasteiger partial charge on any atom is 0.249 e. The fraction of sp³-hybridized carbons (Fsp3) is 0.977. The molecule has 0 fully saturated rings. The van der Waals surface area contributed by atoms with Gasteiger partial charge in [-0.05, 0) is 12.8 Å². The molecule has 300 valence electrons. The van der Waals surface area contributed by atoms with Crippen LogP contribution < -0.4 is 5.32 Å². The molecule has 0 saturated carbocycles. The van der Waals surface area contributed by atoms with E-state index in [1.807, 2.05) is 0 Å². The Hall–Kier alpha value is -0.690. The van der Waals surface area contributed by atoms with Crippen molar-refractivity contribution in [1.82, 2.24) is 5.32 Å². The number of hydrogen-bond donors (Lipinski definition) is 5. The van der Waals surface area contributed by atoms with E-state index in [9.17, 15) is 25.2 Å². The topological polar surface area (TPSA) is 110 Å². The predicted molar refractivity (Wildman–Crippen MR) is 215 cm³/mol. The van der Waals surface area contributed by atoms with Gasteiger partial charge in [0.25, 0.3) is 0 Å². The summed E-state index contributed by atoms with van der Waals surface area (Å²) in [7, 11) is 0. The molecule has 0 unspecified atom stereocenters. The molecule has 0 aliphatic rings. The molecule has 0 aromatic heterocycles. The van der Waals surface area contributed by atoms with Crippen LogP contribution in [0.25, 0.3) is 0 Å². The second-order valence-electron chi connectivity index (χ2n) is 15.8. The number of unbranched alkanes of at least 4 members (excludes halogenated alkanes) is 32. The monoisotopic (exact) mass is 712 g/mol. The Morgan fingerprint density at radius 2 is 0.680 bits per heavy atom. The molecule has 5 N–H and O–H groups in total. The maximum atomic E-state index is 12.5. The Morgan fingerprint density at radius 1 is 0.420 bits per heavy atom. The minimum atomic E-state index is -1.25. The summed E-state index contributed by atoms with van der Waals surface area (Å²) in [5.41, 5.74) is 0. The highest BCUT2D eigenvalue weighted by atomic mass is 16.3. The molecule has 0 aromatic rings. The van der Waals surface area contributed by atoms with Gasteiger partial charge in [0.2, 0.25) is 5.91 Å². The van der Waals surface area contributed by atoms with Gasteiger partial charge >= 0.3 is 0 Å². The second kappa shape index (κ2) is 39.5. The summed E-state index contributed by atoms with van der Waals surface area (Å²) in [6.45, 7) is 4.06. The van der Waals surface area contributed by atoms with Gasteiger partial charge in [0.05, 0.1) is 18.8 Å². The molecule has 1 amide bonds. The van der Waals surface area contributed by atoms with E-state index in [0.29, 0.717) is 12.8 Å². The van der Waals surface area contributed by atoms with E-state index in [1.54, 1.807) is 0 Å². The lowest BCUT2D eigenvalue weighted by Crippen LogP contribution is -2.53. The van der Waals surface area contributed by atoms with Crippen LogP contribution in [-0.4, -0.2) is 57.3 Å². The number of carbonyl (C=O) groups is 1. The molecule has 0 aliphatic heterocycles. The highest BCUT2D eigenvalue weighted by Gasteiger charge is 2.28. The Labute approximate surface area is 311 Å². The lowest BCUT2D eigenvalue weighted by Gasteiger charge is -2.27. The third-order valence-corrected chi connectivity index (χ3v) is 10.8. The minimum Gasteiger partial charge on any atom is -0.394 e. The summed E-state index contributed by atoms with van der Waals surface area (Å²) in [5.74, 6) is -0.579. The summed E-state index contributed by atoms with van der Waals surface area (Å²) in [6.07, 6.45) is 41.4. The van der Waals surface area contributed by atoms with Crippen molar-refractivity contribution in [3.63, 3.8) is 0 Å². The minimum absolute atomic E-state index is 0.376. The number of aliphatic hydroxyl groups excluding tert-OH is 4. The summed E-state index contributed by atoms with van der Waals surface area (Å²) < 4.78 is 0. The highest BCUT2D eigenvalue weighted by molar-refractivity contribution is 5.80. The summed E-state index contributed by atoms with van der Waals surface area (Å²) >= 11 is 0. The number of hydrogen-bond acceptors (Lipinski definition) is 5. The fourth-order valence-corrected chi connectivity index (χ4v) is 7.23. The zero-order valence-electron chi connectivity index (χ0n) is 33.7. The molecule has 0 aliphatic carbocycles. The Morgan fingerprint density at radius 3 is 0.960 bits per heavy atom. The van der Waals surface area contributed by atoms with Crippen molar-refractivity contribution in [2.45, 2.75) is 269 Å². The van der Waals surface area contributed by atoms with Gasteiger partial charge < -0.3 is 25.7 Å². The quantitative estimate of drug-likeness (QED) is 0.0406. The standard InChI is InChI=1S/C44H89NO5/c1-3-5-7-9-11-13-15-17-18-19-20-21-22-23-24-25-26-28-30-32-34-36-38-42(48)44(50)45-40(39-46)43(49)41(47)37-35-33-31-29-27-16-14-12-10-8-6-4-2/h40-43,46-49H,3-39H2,1-2H3,(H,45,50)/t40-,41+,42+,43-/m0/s1. The summed E-state index contributed by atoms with van der Waals surface area (Å²) in [5, 5.41) is 43.6. The Bertz CT molecular complexity index is 677. The fourth-order valence-electron chi connectivity index (χ4n) is 7.23. The van der Waals surface area contributed by atoms with E-state index in [-0.39, 0.29) is 0 Å². The number of rotatable bonds is 41. The van der Waals surface area contributed by atoms with Gasteiger partial charge in [-0.15, -0.1) is 0 Å². The SMILES string of the molecule is CCCCCCCCCCCCCCCCCCCCCCCC[C@@H](O)C(=O)N[C@@H](CO)[C@H](O)[C@H](O)CCCCCCCCCCCCCC. The van der Waals surface area contributed by atoms with Gasteiger partial charge in [-0.2, -0.15) is 0 Å². The largest absolute Gasteiger partial charge is 0.394 e. The third-order valence-electron chi connectivity index (χ3n) is 10.8. The van der Waals surface area contributed by atoms with Crippen LogP contribution in [-0.2, 0) is 4.79 Å². The van der Waals surface area contributed by atoms with Gasteiger partial charge in [-0.1, -0.05) is 232 Å². The van der Waals surface area contributed by atoms with E-state index < -0.39 is 36.9 Å². The summed E-state index contributed by atoms with van der Waals surface area (Å²) in [4.78, 5) is 12.5. The zero-order valence-corrected chi connectivity index (χ0v) is 33.7. The molecule has 0 radical (unpaired) electrons. The van der Waals surface area contributed by atoms with Crippen LogP contribution in [0.4, 0.5) is 0 Å². The van der Waals surface area contributed by atoms with Crippen LogP contribution in [0.5, 0.6) is 0 Å². The van der Waals surface area contributed by atoms with Crippen molar-refractivity contribution >= 4 is 5.91 Å². The number of nitrogens with one attached hydrogen (secondary N) is 1. The average Bonchev–Trinajstić information content (AvgIpc) is 3.12. The number of carbonyl (C=O) groups excluding carboxylic acids is 1. The Balaban J connectivity index is 3.65. The van der Waals surface area contributed by atoms with Crippen molar-refractivity contribution in [2.24, 2.45) is 0 Å². The predicted octanol–water partition coefficient (Wildman–Crippen LogP) is 11.6. The van der Waals surface area contributed by atoms with E-state index in [4.69, 9.17) is 0 Å². The van der Waals surface area contributed by atoms with Crippen molar-refractivity contribution in [3.05, 3.63) is 0 Å². The molecule has 0 saturated heterocycles. The van der Waals surface area contributed by atoms with Crippen molar-refractivity contribution in [2.75, 3.05) is 6.61 Å². The first kappa shape index (κ1) is 49.3.